The highest BCUT2D eigenvalue weighted by molar-refractivity contribution is 6.30. The Balaban J connectivity index is 2.18. The minimum absolute atomic E-state index is 0.0272. The van der Waals surface area contributed by atoms with Gasteiger partial charge in [-0.25, -0.2) is 18.6 Å². The molecule has 0 aliphatic heterocycles. The van der Waals surface area contributed by atoms with E-state index in [-0.39, 0.29) is 22.9 Å². The van der Waals surface area contributed by atoms with Crippen LogP contribution < -0.4 is 5.32 Å². The number of anilines is 1. The van der Waals surface area contributed by atoms with Crippen LogP contribution in [0.5, 0.6) is 0 Å². The molecular formula is C13H9ClF2N2O2. The number of pyridine rings is 1. The molecule has 7 heteroatoms. The summed E-state index contributed by atoms with van der Waals surface area (Å²) < 4.78 is 25.9. The van der Waals surface area contributed by atoms with E-state index >= 15 is 0 Å². The standard InChI is InChI=1S/C13H9ClF2N2O2/c14-10-3-7(1-2-11(10)16)5-17-12-9(13(19)20)4-8(15)6-18-12/h1-4,6H,5H2,(H,17,18)(H,19,20). The van der Waals surface area contributed by atoms with Gasteiger partial charge in [0.25, 0.3) is 0 Å². The number of benzene rings is 1. The predicted octanol–water partition coefficient (Wildman–Crippen LogP) is 3.32. The quantitative estimate of drug-likeness (QED) is 0.909. The molecule has 0 aliphatic carbocycles. The number of carbonyl (C=O) groups is 1. The van der Waals surface area contributed by atoms with Gasteiger partial charge in [0, 0.05) is 6.54 Å². The summed E-state index contributed by atoms with van der Waals surface area (Å²) in [6.45, 7) is 0.179. The van der Waals surface area contributed by atoms with Crippen LogP contribution in [0.1, 0.15) is 15.9 Å². The molecule has 0 fully saturated rings. The number of rotatable bonds is 4. The zero-order valence-corrected chi connectivity index (χ0v) is 10.8. The van der Waals surface area contributed by atoms with Crippen LogP contribution in [0.3, 0.4) is 0 Å². The lowest BCUT2D eigenvalue weighted by Gasteiger charge is -2.09. The second-order valence-corrected chi connectivity index (χ2v) is 4.36. The molecule has 1 aromatic heterocycles. The third-order valence-electron chi connectivity index (χ3n) is 2.53. The minimum atomic E-state index is -1.29. The van der Waals surface area contributed by atoms with Gasteiger partial charge in [-0.15, -0.1) is 0 Å². The maximum absolute atomic E-state index is 13.0. The molecule has 0 saturated heterocycles. The zero-order valence-electron chi connectivity index (χ0n) is 10.0. The normalized spacial score (nSPS) is 10.3. The van der Waals surface area contributed by atoms with Crippen molar-refractivity contribution in [1.29, 1.82) is 0 Å². The van der Waals surface area contributed by atoms with Gasteiger partial charge in [-0.3, -0.25) is 0 Å². The van der Waals surface area contributed by atoms with E-state index in [9.17, 15) is 13.6 Å². The van der Waals surface area contributed by atoms with Gasteiger partial charge in [0.05, 0.1) is 11.2 Å². The van der Waals surface area contributed by atoms with E-state index in [4.69, 9.17) is 16.7 Å². The first-order valence-corrected chi connectivity index (χ1v) is 5.92. The molecule has 0 radical (unpaired) electrons. The smallest absolute Gasteiger partial charge is 0.339 e. The van der Waals surface area contributed by atoms with Gasteiger partial charge in [-0.1, -0.05) is 17.7 Å². The van der Waals surface area contributed by atoms with Crippen molar-refractivity contribution in [1.82, 2.24) is 4.98 Å². The number of nitrogens with one attached hydrogen (secondary N) is 1. The van der Waals surface area contributed by atoms with Crippen LogP contribution in [-0.4, -0.2) is 16.1 Å². The molecule has 2 aromatic rings. The van der Waals surface area contributed by atoms with E-state index in [0.717, 1.165) is 12.3 Å². The molecule has 20 heavy (non-hydrogen) atoms. The molecule has 0 spiro atoms. The Morgan fingerprint density at radius 1 is 1.35 bits per heavy atom. The molecule has 104 valence electrons. The van der Waals surface area contributed by atoms with Crippen molar-refractivity contribution in [2.75, 3.05) is 5.32 Å². The average Bonchev–Trinajstić information content (AvgIpc) is 2.41. The van der Waals surface area contributed by atoms with Gasteiger partial charge >= 0.3 is 5.97 Å². The highest BCUT2D eigenvalue weighted by atomic mass is 35.5. The van der Waals surface area contributed by atoms with Gasteiger partial charge in [-0.05, 0) is 23.8 Å². The van der Waals surface area contributed by atoms with Gasteiger partial charge in [0.15, 0.2) is 0 Å². The molecule has 1 heterocycles. The first-order valence-electron chi connectivity index (χ1n) is 5.54. The van der Waals surface area contributed by atoms with Crippen molar-refractivity contribution in [3.8, 4) is 0 Å². The van der Waals surface area contributed by atoms with Crippen molar-refractivity contribution in [2.45, 2.75) is 6.54 Å². The molecular weight excluding hydrogens is 290 g/mol. The summed E-state index contributed by atoms with van der Waals surface area (Å²) in [5, 5.41) is 11.7. The lowest BCUT2D eigenvalue weighted by atomic mass is 10.2. The third-order valence-corrected chi connectivity index (χ3v) is 2.82. The van der Waals surface area contributed by atoms with E-state index in [1.165, 1.54) is 18.2 Å². The van der Waals surface area contributed by atoms with Gasteiger partial charge < -0.3 is 10.4 Å². The highest BCUT2D eigenvalue weighted by Crippen LogP contribution is 2.18. The fourth-order valence-electron chi connectivity index (χ4n) is 1.58. The Labute approximate surface area is 118 Å². The molecule has 2 N–H and O–H groups in total. The van der Waals surface area contributed by atoms with E-state index in [0.29, 0.717) is 5.56 Å². The Morgan fingerprint density at radius 2 is 2.10 bits per heavy atom. The lowest BCUT2D eigenvalue weighted by molar-refractivity contribution is 0.0697. The summed E-state index contributed by atoms with van der Waals surface area (Å²) >= 11 is 5.64. The molecule has 4 nitrogen and oxygen atoms in total. The number of carboxylic acid groups (broad SMARTS) is 1. The number of hydrogen-bond donors (Lipinski definition) is 2. The zero-order chi connectivity index (χ0) is 14.7. The van der Waals surface area contributed by atoms with Crippen LogP contribution >= 0.6 is 11.6 Å². The monoisotopic (exact) mass is 298 g/mol. The van der Waals surface area contributed by atoms with Crippen LogP contribution in [0.4, 0.5) is 14.6 Å². The van der Waals surface area contributed by atoms with Crippen molar-refractivity contribution in [3.63, 3.8) is 0 Å². The second-order valence-electron chi connectivity index (χ2n) is 3.96. The molecule has 0 atom stereocenters. The van der Waals surface area contributed by atoms with Gasteiger partial charge in [-0.2, -0.15) is 0 Å². The van der Waals surface area contributed by atoms with Crippen molar-refractivity contribution >= 4 is 23.4 Å². The fraction of sp³-hybridized carbons (Fsp3) is 0.0769. The summed E-state index contributed by atoms with van der Waals surface area (Å²) in [6, 6.07) is 4.98. The van der Waals surface area contributed by atoms with Crippen LogP contribution in [0.25, 0.3) is 0 Å². The topological polar surface area (TPSA) is 62.2 Å². The van der Waals surface area contributed by atoms with E-state index < -0.39 is 17.6 Å². The molecule has 0 unspecified atom stereocenters. The van der Waals surface area contributed by atoms with Gasteiger partial charge in [0.1, 0.15) is 23.0 Å². The highest BCUT2D eigenvalue weighted by Gasteiger charge is 2.12. The number of aromatic nitrogens is 1. The maximum Gasteiger partial charge on any atom is 0.339 e. The largest absolute Gasteiger partial charge is 0.478 e. The molecule has 2 rings (SSSR count). The number of halogens is 3. The summed E-state index contributed by atoms with van der Waals surface area (Å²) in [4.78, 5) is 14.6. The average molecular weight is 299 g/mol. The second kappa shape index (κ2) is 5.83. The van der Waals surface area contributed by atoms with E-state index in [1.54, 1.807) is 0 Å². The number of aromatic carboxylic acids is 1. The third kappa shape index (κ3) is 3.21. The van der Waals surface area contributed by atoms with Crippen molar-refractivity contribution < 1.29 is 18.7 Å². The SMILES string of the molecule is O=C(O)c1cc(F)cnc1NCc1ccc(F)c(Cl)c1. The summed E-state index contributed by atoms with van der Waals surface area (Å²) in [5.41, 5.74) is 0.358. The van der Waals surface area contributed by atoms with Gasteiger partial charge in [0.2, 0.25) is 0 Å². The predicted molar refractivity (Wildman–Crippen MR) is 69.9 cm³/mol. The molecule has 0 saturated carbocycles. The summed E-state index contributed by atoms with van der Waals surface area (Å²) in [7, 11) is 0. The number of hydrogen-bond acceptors (Lipinski definition) is 3. The molecule has 0 bridgehead atoms. The Bertz CT molecular complexity index is 665. The Kier molecular flexibility index (Phi) is 4.14. The first kappa shape index (κ1) is 14.2. The van der Waals surface area contributed by atoms with E-state index in [2.05, 4.69) is 10.3 Å². The van der Waals surface area contributed by atoms with Crippen LogP contribution in [0.2, 0.25) is 5.02 Å². The van der Waals surface area contributed by atoms with Crippen LogP contribution in [0.15, 0.2) is 30.5 Å². The number of carboxylic acids is 1. The lowest BCUT2D eigenvalue weighted by Crippen LogP contribution is -2.09. The fourth-order valence-corrected chi connectivity index (χ4v) is 1.78. The van der Waals surface area contributed by atoms with E-state index in [1.807, 2.05) is 0 Å². The molecule has 0 amide bonds. The van der Waals surface area contributed by atoms with Crippen LogP contribution in [-0.2, 0) is 6.54 Å². The summed E-state index contributed by atoms with van der Waals surface area (Å²) in [5.74, 6) is -2.55. The minimum Gasteiger partial charge on any atom is -0.478 e. The van der Waals surface area contributed by atoms with Crippen molar-refractivity contribution in [2.24, 2.45) is 0 Å². The molecule has 1 aromatic carbocycles. The maximum atomic E-state index is 13.0. The number of nitrogens with zero attached hydrogens (tertiary/aromatic N) is 1. The van der Waals surface area contributed by atoms with Crippen molar-refractivity contribution in [3.05, 3.63) is 58.2 Å². The Morgan fingerprint density at radius 3 is 2.75 bits per heavy atom. The Hall–Kier alpha value is -2.21. The van der Waals surface area contributed by atoms with Crippen LogP contribution in [0, 0.1) is 11.6 Å². The summed E-state index contributed by atoms with van der Waals surface area (Å²) in [6.07, 6.45) is 0.909. The molecule has 0 aliphatic rings. The first-order chi connectivity index (χ1) is 9.47.